The van der Waals surface area contributed by atoms with E-state index in [1.165, 1.54) is 7.11 Å². The summed E-state index contributed by atoms with van der Waals surface area (Å²) < 4.78 is 4.82. The summed E-state index contributed by atoms with van der Waals surface area (Å²) in [6.07, 6.45) is 2.95. The third kappa shape index (κ3) is 2.17. The third-order valence-corrected chi connectivity index (χ3v) is 4.28. The highest BCUT2D eigenvalue weighted by Crippen LogP contribution is 2.51. The molecule has 1 amide bonds. The molecule has 96 valence electrons. The smallest absolute Gasteiger partial charge is 0.409 e. The zero-order chi connectivity index (χ0) is 12.7. The summed E-state index contributed by atoms with van der Waals surface area (Å²) in [4.78, 5) is 25.3. The van der Waals surface area contributed by atoms with Gasteiger partial charge in [0.25, 0.3) is 0 Å². The van der Waals surface area contributed by atoms with Crippen LogP contribution in [-0.2, 0) is 9.53 Å². The number of fused-ring (bicyclic) bond motifs is 2. The zero-order valence-corrected chi connectivity index (χ0v) is 10.9. The molecule has 0 aromatic carbocycles. The number of hydrogen-bond donors (Lipinski definition) is 0. The van der Waals surface area contributed by atoms with E-state index in [4.69, 9.17) is 4.74 Å². The Balaban J connectivity index is 2.26. The maximum absolute atomic E-state index is 11.9. The minimum Gasteiger partial charge on any atom is -0.453 e. The molecule has 1 saturated heterocycles. The monoisotopic (exact) mass is 239 g/mol. The number of methoxy groups -OCH3 is 1. The molecule has 17 heavy (non-hydrogen) atoms. The number of piperidine rings is 1. The van der Waals surface area contributed by atoms with Crippen LogP contribution >= 0.6 is 0 Å². The molecule has 2 bridgehead atoms. The van der Waals surface area contributed by atoms with Crippen molar-refractivity contribution in [2.24, 2.45) is 10.8 Å². The predicted octanol–water partition coefficient (Wildman–Crippen LogP) is 2.22. The average molecular weight is 239 g/mol. The molecular formula is C13H21NO3. The lowest BCUT2D eigenvalue weighted by Gasteiger charge is -2.53. The van der Waals surface area contributed by atoms with Gasteiger partial charge in [-0.05, 0) is 23.7 Å². The third-order valence-electron chi connectivity index (χ3n) is 4.28. The first kappa shape index (κ1) is 12.4. The predicted molar refractivity (Wildman–Crippen MR) is 63.7 cm³/mol. The summed E-state index contributed by atoms with van der Waals surface area (Å²) in [5.74, 6) is 0.352. The minimum atomic E-state index is -0.261. The summed E-state index contributed by atoms with van der Waals surface area (Å²) in [7, 11) is 1.42. The molecule has 0 aromatic rings. The lowest BCUT2D eigenvalue weighted by atomic mass is 9.58. The van der Waals surface area contributed by atoms with Crippen LogP contribution in [0.4, 0.5) is 4.79 Å². The van der Waals surface area contributed by atoms with Crippen molar-refractivity contribution in [3.05, 3.63) is 0 Å². The SMILES string of the molecule is CCC12CC(=O)CC(C)(CN(C(=O)OC)C1)C2. The number of likely N-dealkylation sites (tertiary alicyclic amines) is 1. The summed E-state index contributed by atoms with van der Waals surface area (Å²) in [6, 6.07) is 0. The summed E-state index contributed by atoms with van der Waals surface area (Å²) >= 11 is 0. The van der Waals surface area contributed by atoms with Crippen LogP contribution in [0.15, 0.2) is 0 Å². The van der Waals surface area contributed by atoms with E-state index in [9.17, 15) is 9.59 Å². The Morgan fingerprint density at radius 2 is 2.12 bits per heavy atom. The summed E-state index contributed by atoms with van der Waals surface area (Å²) in [5.41, 5.74) is -0.0751. The van der Waals surface area contributed by atoms with E-state index < -0.39 is 0 Å². The fourth-order valence-electron chi connectivity index (χ4n) is 3.75. The van der Waals surface area contributed by atoms with Gasteiger partial charge < -0.3 is 9.64 Å². The Bertz CT molecular complexity index is 355. The van der Waals surface area contributed by atoms with Crippen molar-refractivity contribution in [2.45, 2.75) is 39.5 Å². The topological polar surface area (TPSA) is 46.6 Å². The second-order valence-electron chi connectivity index (χ2n) is 6.06. The van der Waals surface area contributed by atoms with Crippen molar-refractivity contribution in [1.82, 2.24) is 4.90 Å². The Kier molecular flexibility index (Phi) is 2.92. The second-order valence-corrected chi connectivity index (χ2v) is 6.06. The highest BCUT2D eigenvalue weighted by atomic mass is 16.5. The molecule has 2 unspecified atom stereocenters. The van der Waals surface area contributed by atoms with Crippen LogP contribution in [0.5, 0.6) is 0 Å². The molecule has 0 radical (unpaired) electrons. The van der Waals surface area contributed by atoms with E-state index in [0.29, 0.717) is 31.7 Å². The van der Waals surface area contributed by atoms with Gasteiger partial charge in [0, 0.05) is 25.9 Å². The van der Waals surface area contributed by atoms with Gasteiger partial charge in [0.2, 0.25) is 0 Å². The first-order valence-electron chi connectivity index (χ1n) is 6.27. The van der Waals surface area contributed by atoms with Crippen molar-refractivity contribution in [2.75, 3.05) is 20.2 Å². The first-order valence-corrected chi connectivity index (χ1v) is 6.27. The van der Waals surface area contributed by atoms with Gasteiger partial charge in [-0.3, -0.25) is 4.79 Å². The van der Waals surface area contributed by atoms with E-state index in [1.807, 2.05) is 0 Å². The average Bonchev–Trinajstić information content (AvgIpc) is 2.25. The van der Waals surface area contributed by atoms with Gasteiger partial charge in [-0.25, -0.2) is 4.79 Å². The van der Waals surface area contributed by atoms with Crippen molar-refractivity contribution in [3.8, 4) is 0 Å². The minimum absolute atomic E-state index is 0.0173. The van der Waals surface area contributed by atoms with Crippen LogP contribution in [-0.4, -0.2) is 37.0 Å². The molecule has 2 aliphatic rings. The van der Waals surface area contributed by atoms with Crippen LogP contribution in [0, 0.1) is 10.8 Å². The molecule has 1 heterocycles. The maximum atomic E-state index is 11.9. The number of ketones is 1. The van der Waals surface area contributed by atoms with Gasteiger partial charge in [0.05, 0.1) is 7.11 Å². The van der Waals surface area contributed by atoms with Gasteiger partial charge in [-0.1, -0.05) is 13.8 Å². The normalized spacial score (nSPS) is 36.9. The lowest BCUT2D eigenvalue weighted by molar-refractivity contribution is -0.134. The van der Waals surface area contributed by atoms with Gasteiger partial charge in [-0.15, -0.1) is 0 Å². The molecular weight excluding hydrogens is 218 g/mol. The molecule has 2 rings (SSSR count). The Labute approximate surface area is 102 Å². The number of amides is 1. The molecule has 0 N–H and O–H groups in total. The number of nitrogens with zero attached hydrogens (tertiary/aromatic N) is 1. The molecule has 2 atom stereocenters. The fraction of sp³-hybridized carbons (Fsp3) is 0.846. The highest BCUT2D eigenvalue weighted by molar-refractivity contribution is 5.81. The quantitative estimate of drug-likeness (QED) is 0.705. The van der Waals surface area contributed by atoms with Crippen LogP contribution in [0.25, 0.3) is 0 Å². The standard InChI is InChI=1S/C13H21NO3/c1-4-13-6-10(15)5-12(2,7-13)8-14(9-13)11(16)17-3/h4-9H2,1-3H3. The molecule has 4 nitrogen and oxygen atoms in total. The van der Waals surface area contributed by atoms with Crippen LogP contribution in [0.2, 0.25) is 0 Å². The number of carbonyl (C=O) groups excluding carboxylic acids is 2. The first-order chi connectivity index (χ1) is 7.92. The maximum Gasteiger partial charge on any atom is 0.409 e. The molecule has 0 aromatic heterocycles. The number of ether oxygens (including phenoxy) is 1. The Hall–Kier alpha value is -1.06. The fourth-order valence-corrected chi connectivity index (χ4v) is 3.75. The van der Waals surface area contributed by atoms with Gasteiger partial charge in [0.1, 0.15) is 5.78 Å². The van der Waals surface area contributed by atoms with Gasteiger partial charge in [0.15, 0.2) is 0 Å². The molecule has 1 saturated carbocycles. The molecule has 1 aliphatic carbocycles. The Morgan fingerprint density at radius 3 is 2.71 bits per heavy atom. The number of carbonyl (C=O) groups is 2. The van der Waals surface area contributed by atoms with E-state index in [1.54, 1.807) is 4.90 Å². The second kappa shape index (κ2) is 4.00. The Morgan fingerprint density at radius 1 is 1.41 bits per heavy atom. The highest BCUT2D eigenvalue weighted by Gasteiger charge is 2.51. The van der Waals surface area contributed by atoms with E-state index in [-0.39, 0.29) is 16.9 Å². The lowest BCUT2D eigenvalue weighted by Crippen LogP contribution is -2.57. The summed E-state index contributed by atoms with van der Waals surface area (Å²) in [6.45, 7) is 5.54. The zero-order valence-electron chi connectivity index (χ0n) is 10.9. The van der Waals surface area contributed by atoms with E-state index >= 15 is 0 Å². The number of hydrogen-bond acceptors (Lipinski definition) is 3. The van der Waals surface area contributed by atoms with Crippen molar-refractivity contribution in [3.63, 3.8) is 0 Å². The molecule has 0 spiro atoms. The summed E-state index contributed by atoms with van der Waals surface area (Å²) in [5, 5.41) is 0. The van der Waals surface area contributed by atoms with Gasteiger partial charge >= 0.3 is 6.09 Å². The van der Waals surface area contributed by atoms with Crippen molar-refractivity contribution < 1.29 is 14.3 Å². The van der Waals surface area contributed by atoms with Crippen molar-refractivity contribution >= 4 is 11.9 Å². The van der Waals surface area contributed by atoms with Gasteiger partial charge in [-0.2, -0.15) is 0 Å². The van der Waals surface area contributed by atoms with E-state index in [0.717, 1.165) is 12.8 Å². The van der Waals surface area contributed by atoms with Crippen LogP contribution < -0.4 is 0 Å². The number of rotatable bonds is 1. The molecule has 4 heteroatoms. The largest absolute Gasteiger partial charge is 0.453 e. The van der Waals surface area contributed by atoms with Crippen LogP contribution in [0.1, 0.15) is 39.5 Å². The number of Topliss-reactive ketones (excluding diaryl/α,β-unsaturated/α-hetero) is 1. The molecule has 2 fully saturated rings. The molecule has 1 aliphatic heterocycles. The van der Waals surface area contributed by atoms with E-state index in [2.05, 4.69) is 13.8 Å². The van der Waals surface area contributed by atoms with Crippen molar-refractivity contribution in [1.29, 1.82) is 0 Å². The van der Waals surface area contributed by atoms with Crippen LogP contribution in [0.3, 0.4) is 0 Å².